The molecular weight excluding hydrogens is 334 g/mol. The summed E-state index contributed by atoms with van der Waals surface area (Å²) in [6, 6.07) is 7.40. The van der Waals surface area contributed by atoms with Crippen molar-refractivity contribution in [2.45, 2.75) is 44.3 Å². The lowest BCUT2D eigenvalue weighted by Gasteiger charge is -2.12. The minimum absolute atomic E-state index is 0.0518. The third kappa shape index (κ3) is 5.51. The fourth-order valence-electron chi connectivity index (χ4n) is 1.89. The van der Waals surface area contributed by atoms with Crippen LogP contribution in [-0.2, 0) is 17.9 Å². The van der Waals surface area contributed by atoms with Crippen LogP contribution in [0.1, 0.15) is 26.3 Å². The molecule has 0 radical (unpaired) electrons. The zero-order valence-electron chi connectivity index (χ0n) is 13.4. The standard InChI is InChI=1S/C15H20ClN5OS/c1-10(2)9-21-15(18-19-20-21)23-11(3)14(22)17-8-12-4-6-13(16)7-5-12/h4-7,10-11H,8-9H2,1-3H3,(H,17,22). The van der Waals surface area contributed by atoms with E-state index in [0.29, 0.717) is 22.6 Å². The van der Waals surface area contributed by atoms with Gasteiger partial charge < -0.3 is 5.32 Å². The number of tetrazole rings is 1. The van der Waals surface area contributed by atoms with Gasteiger partial charge in [-0.2, -0.15) is 0 Å². The number of aromatic nitrogens is 4. The zero-order chi connectivity index (χ0) is 16.8. The molecular formula is C15H20ClN5OS. The van der Waals surface area contributed by atoms with Crippen molar-refractivity contribution in [3.8, 4) is 0 Å². The number of halogens is 1. The molecule has 0 saturated carbocycles. The van der Waals surface area contributed by atoms with E-state index in [1.54, 1.807) is 16.8 Å². The smallest absolute Gasteiger partial charge is 0.233 e. The van der Waals surface area contributed by atoms with Gasteiger partial charge in [0.05, 0.1) is 5.25 Å². The summed E-state index contributed by atoms with van der Waals surface area (Å²) in [7, 11) is 0. The Morgan fingerprint density at radius 2 is 2.00 bits per heavy atom. The first kappa shape index (κ1) is 17.7. The van der Waals surface area contributed by atoms with E-state index in [1.807, 2.05) is 19.1 Å². The van der Waals surface area contributed by atoms with Crippen LogP contribution < -0.4 is 5.32 Å². The molecule has 1 N–H and O–H groups in total. The number of carbonyl (C=O) groups excluding carboxylic acids is 1. The molecule has 0 aliphatic carbocycles. The lowest BCUT2D eigenvalue weighted by molar-refractivity contribution is -0.120. The number of amides is 1. The van der Waals surface area contributed by atoms with Crippen LogP contribution in [0.15, 0.2) is 29.4 Å². The lowest BCUT2D eigenvalue weighted by Crippen LogP contribution is -2.30. The topological polar surface area (TPSA) is 72.7 Å². The van der Waals surface area contributed by atoms with Gasteiger partial charge in [-0.25, -0.2) is 4.68 Å². The van der Waals surface area contributed by atoms with E-state index < -0.39 is 0 Å². The summed E-state index contributed by atoms with van der Waals surface area (Å²) in [6.45, 7) is 7.24. The van der Waals surface area contributed by atoms with Crippen molar-refractivity contribution < 1.29 is 4.79 Å². The molecule has 1 heterocycles. The molecule has 2 rings (SSSR count). The van der Waals surface area contributed by atoms with Gasteiger partial charge in [-0.05, 0) is 41.0 Å². The second-order valence-electron chi connectivity index (χ2n) is 5.64. The molecule has 1 aromatic carbocycles. The van der Waals surface area contributed by atoms with Crippen LogP contribution in [0, 0.1) is 5.92 Å². The van der Waals surface area contributed by atoms with Gasteiger partial charge in [0.2, 0.25) is 11.1 Å². The van der Waals surface area contributed by atoms with Crippen LogP contribution in [0.4, 0.5) is 0 Å². The summed E-state index contributed by atoms with van der Waals surface area (Å²) in [5, 5.41) is 15.6. The molecule has 1 aromatic heterocycles. The molecule has 1 unspecified atom stereocenters. The minimum atomic E-state index is -0.279. The SMILES string of the molecule is CC(C)Cn1nnnc1SC(C)C(=O)NCc1ccc(Cl)cc1. The first-order valence-electron chi connectivity index (χ1n) is 7.40. The van der Waals surface area contributed by atoms with Crippen LogP contribution in [0.25, 0.3) is 0 Å². The number of benzene rings is 1. The van der Waals surface area contributed by atoms with E-state index in [1.165, 1.54) is 11.8 Å². The highest BCUT2D eigenvalue weighted by atomic mass is 35.5. The Labute approximate surface area is 145 Å². The van der Waals surface area contributed by atoms with Gasteiger partial charge in [0.25, 0.3) is 0 Å². The van der Waals surface area contributed by atoms with Crippen LogP contribution >= 0.6 is 23.4 Å². The Balaban J connectivity index is 1.87. The van der Waals surface area contributed by atoms with Crippen molar-refractivity contribution in [3.63, 3.8) is 0 Å². The number of nitrogens with one attached hydrogen (secondary N) is 1. The Hall–Kier alpha value is -1.60. The Kier molecular flexibility index (Phi) is 6.41. The Morgan fingerprint density at radius 1 is 1.30 bits per heavy atom. The fourth-order valence-corrected chi connectivity index (χ4v) is 2.84. The van der Waals surface area contributed by atoms with Crippen molar-refractivity contribution in [3.05, 3.63) is 34.9 Å². The van der Waals surface area contributed by atoms with Crippen molar-refractivity contribution >= 4 is 29.3 Å². The van der Waals surface area contributed by atoms with Crippen molar-refractivity contribution in [2.75, 3.05) is 0 Å². The first-order valence-corrected chi connectivity index (χ1v) is 8.66. The second-order valence-corrected chi connectivity index (χ2v) is 7.39. The van der Waals surface area contributed by atoms with Crippen LogP contribution in [0.2, 0.25) is 5.02 Å². The highest BCUT2D eigenvalue weighted by Crippen LogP contribution is 2.21. The molecule has 8 heteroatoms. The highest BCUT2D eigenvalue weighted by molar-refractivity contribution is 8.00. The predicted molar refractivity (Wildman–Crippen MR) is 91.3 cm³/mol. The van der Waals surface area contributed by atoms with Crippen LogP contribution in [0.5, 0.6) is 0 Å². The molecule has 1 atom stereocenters. The molecule has 2 aromatic rings. The quantitative estimate of drug-likeness (QED) is 0.775. The van der Waals surface area contributed by atoms with E-state index in [9.17, 15) is 4.79 Å². The number of rotatable bonds is 7. The largest absolute Gasteiger partial charge is 0.351 e. The highest BCUT2D eigenvalue weighted by Gasteiger charge is 2.18. The third-order valence-corrected chi connectivity index (χ3v) is 4.39. The monoisotopic (exact) mass is 353 g/mol. The summed E-state index contributed by atoms with van der Waals surface area (Å²) >= 11 is 7.20. The number of hydrogen-bond acceptors (Lipinski definition) is 5. The number of nitrogens with zero attached hydrogens (tertiary/aromatic N) is 4. The maximum absolute atomic E-state index is 12.2. The van der Waals surface area contributed by atoms with Crippen LogP contribution in [-0.4, -0.2) is 31.4 Å². The van der Waals surface area contributed by atoms with E-state index in [0.717, 1.165) is 12.1 Å². The molecule has 0 bridgehead atoms. The molecule has 0 spiro atoms. The lowest BCUT2D eigenvalue weighted by atomic mass is 10.2. The van der Waals surface area contributed by atoms with E-state index in [4.69, 9.17) is 11.6 Å². The summed E-state index contributed by atoms with van der Waals surface area (Å²) in [5.74, 6) is 0.385. The van der Waals surface area contributed by atoms with Gasteiger partial charge in [-0.1, -0.05) is 49.3 Å². The first-order chi connectivity index (χ1) is 11.0. The van der Waals surface area contributed by atoms with E-state index in [2.05, 4.69) is 34.7 Å². The molecule has 6 nitrogen and oxygen atoms in total. The average molecular weight is 354 g/mol. The molecule has 0 aliphatic heterocycles. The van der Waals surface area contributed by atoms with Crippen molar-refractivity contribution in [1.82, 2.24) is 25.5 Å². The average Bonchev–Trinajstić information content (AvgIpc) is 2.92. The normalized spacial score (nSPS) is 12.4. The summed E-state index contributed by atoms with van der Waals surface area (Å²) < 4.78 is 1.73. The molecule has 0 saturated heterocycles. The van der Waals surface area contributed by atoms with E-state index >= 15 is 0 Å². The van der Waals surface area contributed by atoms with Crippen molar-refractivity contribution in [1.29, 1.82) is 0 Å². The van der Waals surface area contributed by atoms with Gasteiger partial charge in [0, 0.05) is 18.1 Å². The molecule has 23 heavy (non-hydrogen) atoms. The summed E-state index contributed by atoms with van der Waals surface area (Å²) in [4.78, 5) is 12.2. The van der Waals surface area contributed by atoms with Crippen molar-refractivity contribution in [2.24, 2.45) is 5.92 Å². The van der Waals surface area contributed by atoms with Gasteiger partial charge in [0.1, 0.15) is 0 Å². The predicted octanol–water partition coefficient (Wildman–Crippen LogP) is 2.78. The minimum Gasteiger partial charge on any atom is -0.351 e. The maximum Gasteiger partial charge on any atom is 0.233 e. The summed E-state index contributed by atoms with van der Waals surface area (Å²) in [5.41, 5.74) is 1.00. The molecule has 0 aliphatic rings. The summed E-state index contributed by atoms with van der Waals surface area (Å²) in [6.07, 6.45) is 0. The van der Waals surface area contributed by atoms with Gasteiger partial charge in [-0.3, -0.25) is 4.79 Å². The maximum atomic E-state index is 12.2. The number of hydrogen-bond donors (Lipinski definition) is 1. The second kappa shape index (κ2) is 8.31. The Morgan fingerprint density at radius 3 is 2.65 bits per heavy atom. The Bertz CT molecular complexity index is 644. The number of carbonyl (C=O) groups is 1. The molecule has 1 amide bonds. The van der Waals surface area contributed by atoms with Gasteiger partial charge in [-0.15, -0.1) is 5.10 Å². The van der Waals surface area contributed by atoms with E-state index in [-0.39, 0.29) is 11.2 Å². The molecule has 124 valence electrons. The number of thioether (sulfide) groups is 1. The zero-order valence-corrected chi connectivity index (χ0v) is 14.9. The fraction of sp³-hybridized carbons (Fsp3) is 0.467. The molecule has 0 fully saturated rings. The third-order valence-electron chi connectivity index (χ3n) is 3.07. The van der Waals surface area contributed by atoms with Crippen LogP contribution in [0.3, 0.4) is 0 Å². The van der Waals surface area contributed by atoms with Gasteiger partial charge in [0.15, 0.2) is 0 Å². The van der Waals surface area contributed by atoms with Gasteiger partial charge >= 0.3 is 0 Å².